The van der Waals surface area contributed by atoms with Crippen LogP contribution < -0.4 is 10.6 Å². The Morgan fingerprint density at radius 2 is 1.76 bits per heavy atom. The summed E-state index contributed by atoms with van der Waals surface area (Å²) in [6, 6.07) is 4.94. The van der Waals surface area contributed by atoms with Crippen molar-refractivity contribution in [3.8, 4) is 0 Å². The van der Waals surface area contributed by atoms with Crippen LogP contribution in [-0.2, 0) is 0 Å². The van der Waals surface area contributed by atoms with Crippen LogP contribution >= 0.6 is 0 Å². The first kappa shape index (κ1) is 17.9. The summed E-state index contributed by atoms with van der Waals surface area (Å²) in [6.45, 7) is 13.3. The zero-order valence-electron chi connectivity index (χ0n) is 13.9. The van der Waals surface area contributed by atoms with Crippen molar-refractivity contribution in [3.63, 3.8) is 0 Å². The van der Waals surface area contributed by atoms with E-state index in [0.717, 1.165) is 44.8 Å². The van der Waals surface area contributed by atoms with E-state index in [9.17, 15) is 4.39 Å². The number of rotatable bonds is 9. The lowest BCUT2D eigenvalue weighted by atomic mass is 10.0. The van der Waals surface area contributed by atoms with Crippen molar-refractivity contribution in [2.24, 2.45) is 5.73 Å². The fraction of sp³-hybridized carbons (Fsp3) is 0.647. The average molecular weight is 295 g/mol. The van der Waals surface area contributed by atoms with Gasteiger partial charge in [0.25, 0.3) is 0 Å². The molecule has 0 saturated carbocycles. The molecule has 0 heterocycles. The molecule has 1 unspecified atom stereocenters. The second-order valence-electron chi connectivity index (χ2n) is 5.42. The molecule has 0 aromatic heterocycles. The number of benzene rings is 1. The predicted octanol–water partition coefficient (Wildman–Crippen LogP) is 3.40. The van der Waals surface area contributed by atoms with Gasteiger partial charge in [0.15, 0.2) is 0 Å². The smallest absolute Gasteiger partial charge is 0.130 e. The third-order valence-electron chi connectivity index (χ3n) is 4.00. The van der Waals surface area contributed by atoms with E-state index in [2.05, 4.69) is 30.6 Å². The minimum atomic E-state index is -0.293. The SMILES string of the molecule is CCN(CC)CCCN(CC)c1cccc(F)c1C(C)N. The van der Waals surface area contributed by atoms with E-state index in [1.54, 1.807) is 6.07 Å². The summed E-state index contributed by atoms with van der Waals surface area (Å²) >= 11 is 0. The van der Waals surface area contributed by atoms with Gasteiger partial charge in [-0.1, -0.05) is 19.9 Å². The summed E-state index contributed by atoms with van der Waals surface area (Å²) in [5.41, 5.74) is 7.52. The van der Waals surface area contributed by atoms with Crippen LogP contribution in [0.2, 0.25) is 0 Å². The Morgan fingerprint density at radius 1 is 1.10 bits per heavy atom. The third-order valence-corrected chi connectivity index (χ3v) is 4.00. The summed E-state index contributed by atoms with van der Waals surface area (Å²) in [4.78, 5) is 4.64. The van der Waals surface area contributed by atoms with Crippen LogP contribution in [0.15, 0.2) is 18.2 Å². The lowest BCUT2D eigenvalue weighted by molar-refractivity contribution is 0.300. The van der Waals surface area contributed by atoms with Gasteiger partial charge in [-0.15, -0.1) is 0 Å². The summed E-state index contributed by atoms with van der Waals surface area (Å²) < 4.78 is 14.0. The van der Waals surface area contributed by atoms with Crippen LogP contribution in [0.25, 0.3) is 0 Å². The van der Waals surface area contributed by atoms with E-state index < -0.39 is 0 Å². The zero-order chi connectivity index (χ0) is 15.8. The highest BCUT2D eigenvalue weighted by molar-refractivity contribution is 5.55. The monoisotopic (exact) mass is 295 g/mol. The van der Waals surface area contributed by atoms with Gasteiger partial charge in [0.2, 0.25) is 0 Å². The summed E-state index contributed by atoms with van der Waals surface area (Å²) in [7, 11) is 0. The molecule has 4 heteroatoms. The predicted molar refractivity (Wildman–Crippen MR) is 89.3 cm³/mol. The second kappa shape index (κ2) is 9.00. The summed E-state index contributed by atoms with van der Waals surface area (Å²) in [5, 5.41) is 0. The molecule has 1 rings (SSSR count). The topological polar surface area (TPSA) is 32.5 Å². The number of nitrogens with zero attached hydrogens (tertiary/aromatic N) is 2. The van der Waals surface area contributed by atoms with E-state index in [1.807, 2.05) is 13.0 Å². The van der Waals surface area contributed by atoms with Crippen molar-refractivity contribution < 1.29 is 4.39 Å². The van der Waals surface area contributed by atoms with Gasteiger partial charge in [0, 0.05) is 30.4 Å². The number of hydrogen-bond donors (Lipinski definition) is 1. The fourth-order valence-corrected chi connectivity index (χ4v) is 2.73. The van der Waals surface area contributed by atoms with Crippen molar-refractivity contribution in [1.82, 2.24) is 4.90 Å². The van der Waals surface area contributed by atoms with Crippen molar-refractivity contribution in [3.05, 3.63) is 29.6 Å². The highest BCUT2D eigenvalue weighted by Gasteiger charge is 2.16. The molecule has 0 amide bonds. The molecule has 3 nitrogen and oxygen atoms in total. The number of hydrogen-bond acceptors (Lipinski definition) is 3. The molecule has 0 radical (unpaired) electrons. The molecule has 0 spiro atoms. The van der Waals surface area contributed by atoms with Gasteiger partial charge in [-0.3, -0.25) is 0 Å². The standard InChI is InChI=1S/C17H30FN3/c1-5-20(6-2)12-9-13-21(7-3)16-11-8-10-15(18)17(16)14(4)19/h8,10-11,14H,5-7,9,12-13,19H2,1-4H3. The molecule has 1 aromatic carbocycles. The van der Waals surface area contributed by atoms with Crippen molar-refractivity contribution in [1.29, 1.82) is 0 Å². The van der Waals surface area contributed by atoms with E-state index in [-0.39, 0.29) is 11.9 Å². The van der Waals surface area contributed by atoms with Crippen molar-refractivity contribution >= 4 is 5.69 Å². The van der Waals surface area contributed by atoms with Crippen LogP contribution in [0, 0.1) is 5.82 Å². The Bertz CT molecular complexity index is 416. The molecule has 0 bridgehead atoms. The zero-order valence-corrected chi connectivity index (χ0v) is 13.9. The summed E-state index contributed by atoms with van der Waals surface area (Å²) in [6.07, 6.45) is 1.07. The Labute approximate surface area is 128 Å². The van der Waals surface area contributed by atoms with Gasteiger partial charge in [-0.25, -0.2) is 4.39 Å². The molecule has 0 aliphatic rings. The molecule has 120 valence electrons. The molecule has 2 N–H and O–H groups in total. The first-order chi connectivity index (χ1) is 10.0. The first-order valence-corrected chi connectivity index (χ1v) is 8.06. The fourth-order valence-electron chi connectivity index (χ4n) is 2.73. The van der Waals surface area contributed by atoms with Crippen LogP contribution in [0.4, 0.5) is 10.1 Å². The largest absolute Gasteiger partial charge is 0.371 e. The Balaban J connectivity index is 2.79. The maximum Gasteiger partial charge on any atom is 0.130 e. The average Bonchev–Trinajstić information content (AvgIpc) is 2.47. The molecule has 1 atom stereocenters. The molecule has 0 aliphatic heterocycles. The van der Waals surface area contributed by atoms with Gasteiger partial charge in [-0.2, -0.15) is 0 Å². The number of halogens is 1. The maximum atomic E-state index is 14.0. The van der Waals surface area contributed by atoms with Crippen LogP contribution in [0.1, 0.15) is 45.7 Å². The minimum absolute atomic E-state index is 0.204. The molecule has 1 aromatic rings. The summed E-state index contributed by atoms with van der Waals surface area (Å²) in [5.74, 6) is -0.204. The van der Waals surface area contributed by atoms with Gasteiger partial charge < -0.3 is 15.5 Å². The lowest BCUT2D eigenvalue weighted by Crippen LogP contribution is -2.31. The van der Waals surface area contributed by atoms with E-state index >= 15 is 0 Å². The second-order valence-corrected chi connectivity index (χ2v) is 5.42. The minimum Gasteiger partial charge on any atom is -0.371 e. The quantitative estimate of drug-likeness (QED) is 0.758. The molecule has 0 aliphatic carbocycles. The molecule has 0 saturated heterocycles. The molecular weight excluding hydrogens is 265 g/mol. The highest BCUT2D eigenvalue weighted by Crippen LogP contribution is 2.27. The van der Waals surface area contributed by atoms with E-state index in [0.29, 0.717) is 5.56 Å². The van der Waals surface area contributed by atoms with Crippen molar-refractivity contribution in [2.45, 2.75) is 40.2 Å². The third kappa shape index (κ3) is 4.97. The Hall–Kier alpha value is -1.13. The van der Waals surface area contributed by atoms with Gasteiger partial charge in [-0.05, 0) is 52.0 Å². The molecular formula is C17H30FN3. The van der Waals surface area contributed by atoms with Gasteiger partial charge in [0.05, 0.1) is 0 Å². The normalized spacial score (nSPS) is 12.7. The molecule has 21 heavy (non-hydrogen) atoms. The van der Waals surface area contributed by atoms with Crippen LogP contribution in [0.5, 0.6) is 0 Å². The van der Waals surface area contributed by atoms with Gasteiger partial charge in [0.1, 0.15) is 5.82 Å². The highest BCUT2D eigenvalue weighted by atomic mass is 19.1. The van der Waals surface area contributed by atoms with E-state index in [1.165, 1.54) is 6.07 Å². The van der Waals surface area contributed by atoms with E-state index in [4.69, 9.17) is 5.73 Å². The lowest BCUT2D eigenvalue weighted by Gasteiger charge is -2.28. The Morgan fingerprint density at radius 3 is 2.29 bits per heavy atom. The number of anilines is 1. The van der Waals surface area contributed by atoms with Gasteiger partial charge >= 0.3 is 0 Å². The number of nitrogens with two attached hydrogens (primary N) is 1. The maximum absolute atomic E-state index is 14.0. The van der Waals surface area contributed by atoms with Crippen LogP contribution in [-0.4, -0.2) is 37.6 Å². The van der Waals surface area contributed by atoms with Crippen LogP contribution in [0.3, 0.4) is 0 Å². The molecule has 0 fully saturated rings. The first-order valence-electron chi connectivity index (χ1n) is 8.06. The van der Waals surface area contributed by atoms with Crippen molar-refractivity contribution in [2.75, 3.05) is 37.6 Å². The Kier molecular flexibility index (Phi) is 7.68.